The van der Waals surface area contributed by atoms with Crippen molar-refractivity contribution in [1.29, 1.82) is 0 Å². The smallest absolute Gasteiger partial charge is 0.125 e. The highest BCUT2D eigenvalue weighted by Gasteiger charge is 2.16. The minimum atomic E-state index is 0.0498. The molecule has 3 nitrogen and oxygen atoms in total. The largest absolute Gasteiger partial charge is 0.467 e. The molecule has 21 heavy (non-hydrogen) atoms. The van der Waals surface area contributed by atoms with Crippen molar-refractivity contribution in [2.45, 2.75) is 19.5 Å². The summed E-state index contributed by atoms with van der Waals surface area (Å²) in [7, 11) is 0. The van der Waals surface area contributed by atoms with E-state index < -0.39 is 0 Å². The second kappa shape index (κ2) is 6.37. The first-order valence-corrected chi connectivity index (χ1v) is 7.06. The van der Waals surface area contributed by atoms with Crippen LogP contribution in [0.15, 0.2) is 71.6 Å². The molecule has 3 heteroatoms. The molecule has 2 heterocycles. The van der Waals surface area contributed by atoms with Gasteiger partial charge in [-0.15, -0.1) is 0 Å². The van der Waals surface area contributed by atoms with Crippen molar-refractivity contribution >= 4 is 0 Å². The summed E-state index contributed by atoms with van der Waals surface area (Å²) in [6.07, 6.45) is 5.43. The summed E-state index contributed by atoms with van der Waals surface area (Å²) in [5.41, 5.74) is 3.63. The van der Waals surface area contributed by atoms with E-state index in [0.717, 1.165) is 12.3 Å². The number of aryl methyl sites for hydroxylation is 1. The highest BCUT2D eigenvalue weighted by Crippen LogP contribution is 2.23. The molecule has 106 valence electrons. The highest BCUT2D eigenvalue weighted by atomic mass is 16.3. The number of benzene rings is 1. The Bertz CT molecular complexity index is 677. The zero-order chi connectivity index (χ0) is 14.5. The SMILES string of the molecule is Cc1cnccc1CNC(c1ccccc1)c1ccco1. The van der Waals surface area contributed by atoms with E-state index in [2.05, 4.69) is 29.4 Å². The van der Waals surface area contributed by atoms with Crippen LogP contribution in [0, 0.1) is 6.92 Å². The Morgan fingerprint density at radius 1 is 1.10 bits per heavy atom. The van der Waals surface area contributed by atoms with E-state index in [-0.39, 0.29) is 6.04 Å². The van der Waals surface area contributed by atoms with Crippen LogP contribution in [-0.4, -0.2) is 4.98 Å². The van der Waals surface area contributed by atoms with Gasteiger partial charge in [-0.1, -0.05) is 30.3 Å². The summed E-state index contributed by atoms with van der Waals surface area (Å²) in [4.78, 5) is 4.13. The van der Waals surface area contributed by atoms with E-state index >= 15 is 0 Å². The number of aromatic nitrogens is 1. The van der Waals surface area contributed by atoms with Crippen LogP contribution in [0.1, 0.15) is 28.5 Å². The monoisotopic (exact) mass is 278 g/mol. The quantitative estimate of drug-likeness (QED) is 0.770. The lowest BCUT2D eigenvalue weighted by atomic mass is 10.0. The van der Waals surface area contributed by atoms with Crippen molar-refractivity contribution in [2.75, 3.05) is 0 Å². The fourth-order valence-corrected chi connectivity index (χ4v) is 2.40. The molecule has 1 N–H and O–H groups in total. The molecule has 3 rings (SSSR count). The van der Waals surface area contributed by atoms with Crippen LogP contribution in [0.4, 0.5) is 0 Å². The van der Waals surface area contributed by atoms with Crippen molar-refractivity contribution in [3.8, 4) is 0 Å². The first kappa shape index (κ1) is 13.6. The van der Waals surface area contributed by atoms with Crippen LogP contribution in [0.3, 0.4) is 0 Å². The molecular formula is C18H18N2O. The first-order valence-electron chi connectivity index (χ1n) is 7.06. The van der Waals surface area contributed by atoms with Crippen LogP contribution in [-0.2, 0) is 6.54 Å². The van der Waals surface area contributed by atoms with E-state index in [4.69, 9.17) is 4.42 Å². The maximum Gasteiger partial charge on any atom is 0.125 e. The number of rotatable bonds is 5. The molecule has 1 aromatic carbocycles. The second-order valence-corrected chi connectivity index (χ2v) is 5.04. The Labute approximate surface area is 124 Å². The standard InChI is InChI=1S/C18H18N2O/c1-14-12-19-10-9-16(14)13-20-18(17-8-5-11-21-17)15-6-3-2-4-7-15/h2-12,18,20H,13H2,1H3. The van der Waals surface area contributed by atoms with Crippen molar-refractivity contribution < 1.29 is 4.42 Å². The van der Waals surface area contributed by atoms with Crippen molar-refractivity contribution in [3.63, 3.8) is 0 Å². The molecule has 0 aliphatic rings. The lowest BCUT2D eigenvalue weighted by molar-refractivity contribution is 0.445. The van der Waals surface area contributed by atoms with Gasteiger partial charge in [-0.3, -0.25) is 10.3 Å². The summed E-state index contributed by atoms with van der Waals surface area (Å²) in [5, 5.41) is 3.57. The van der Waals surface area contributed by atoms with Gasteiger partial charge in [0.2, 0.25) is 0 Å². The van der Waals surface area contributed by atoms with E-state index in [9.17, 15) is 0 Å². The Balaban J connectivity index is 1.82. The van der Waals surface area contributed by atoms with Gasteiger partial charge in [0, 0.05) is 18.9 Å². The maximum absolute atomic E-state index is 5.59. The third-order valence-electron chi connectivity index (χ3n) is 3.59. The molecule has 0 aliphatic carbocycles. The third kappa shape index (κ3) is 3.20. The molecule has 0 amide bonds. The fourth-order valence-electron chi connectivity index (χ4n) is 2.40. The van der Waals surface area contributed by atoms with Gasteiger partial charge in [0.1, 0.15) is 5.76 Å². The van der Waals surface area contributed by atoms with Crippen LogP contribution in [0.25, 0.3) is 0 Å². The average Bonchev–Trinajstić information content (AvgIpc) is 3.04. The number of nitrogens with one attached hydrogen (secondary N) is 1. The Hall–Kier alpha value is -2.39. The molecule has 0 bridgehead atoms. The Morgan fingerprint density at radius 2 is 1.95 bits per heavy atom. The molecule has 0 spiro atoms. The van der Waals surface area contributed by atoms with Gasteiger partial charge < -0.3 is 4.42 Å². The normalized spacial score (nSPS) is 12.2. The molecule has 0 saturated carbocycles. The van der Waals surface area contributed by atoms with Crippen LogP contribution >= 0.6 is 0 Å². The van der Waals surface area contributed by atoms with E-state index in [1.165, 1.54) is 16.7 Å². The molecule has 1 unspecified atom stereocenters. The third-order valence-corrected chi connectivity index (χ3v) is 3.59. The molecule has 2 aromatic heterocycles. The van der Waals surface area contributed by atoms with Gasteiger partial charge >= 0.3 is 0 Å². The van der Waals surface area contributed by atoms with Crippen molar-refractivity contribution in [1.82, 2.24) is 10.3 Å². The fraction of sp³-hybridized carbons (Fsp3) is 0.167. The molecular weight excluding hydrogens is 260 g/mol. The average molecular weight is 278 g/mol. The lowest BCUT2D eigenvalue weighted by Gasteiger charge is -2.18. The van der Waals surface area contributed by atoms with Crippen molar-refractivity contribution in [2.24, 2.45) is 0 Å². The van der Waals surface area contributed by atoms with Crippen LogP contribution < -0.4 is 5.32 Å². The first-order chi connectivity index (χ1) is 10.3. The van der Waals surface area contributed by atoms with Crippen molar-refractivity contribution in [3.05, 3.63) is 89.6 Å². The number of furan rings is 1. The molecule has 0 aliphatic heterocycles. The van der Waals surface area contributed by atoms with Gasteiger partial charge in [0.05, 0.1) is 12.3 Å². The predicted molar refractivity (Wildman–Crippen MR) is 82.8 cm³/mol. The molecule has 0 fully saturated rings. The maximum atomic E-state index is 5.59. The van der Waals surface area contributed by atoms with Gasteiger partial charge in [0.15, 0.2) is 0 Å². The van der Waals surface area contributed by atoms with E-state index in [1.807, 2.05) is 48.8 Å². The zero-order valence-electron chi connectivity index (χ0n) is 12.0. The second-order valence-electron chi connectivity index (χ2n) is 5.04. The predicted octanol–water partition coefficient (Wildman–Crippen LogP) is 3.86. The Kier molecular flexibility index (Phi) is 4.12. The Morgan fingerprint density at radius 3 is 2.67 bits per heavy atom. The number of hydrogen-bond acceptors (Lipinski definition) is 3. The summed E-state index contributed by atoms with van der Waals surface area (Å²) in [6.45, 7) is 2.85. The molecule has 0 radical (unpaired) electrons. The molecule has 3 aromatic rings. The molecule has 1 atom stereocenters. The van der Waals surface area contributed by atoms with Gasteiger partial charge in [0.25, 0.3) is 0 Å². The minimum absolute atomic E-state index is 0.0498. The van der Waals surface area contributed by atoms with Gasteiger partial charge in [-0.2, -0.15) is 0 Å². The number of hydrogen-bond donors (Lipinski definition) is 1. The van der Waals surface area contributed by atoms with E-state index in [1.54, 1.807) is 6.26 Å². The van der Waals surface area contributed by atoms with Crippen LogP contribution in [0.5, 0.6) is 0 Å². The number of pyridine rings is 1. The summed E-state index contributed by atoms with van der Waals surface area (Å²) >= 11 is 0. The van der Waals surface area contributed by atoms with E-state index in [0.29, 0.717) is 0 Å². The topological polar surface area (TPSA) is 38.1 Å². The summed E-state index contributed by atoms with van der Waals surface area (Å²) in [6, 6.07) is 16.4. The molecule has 0 saturated heterocycles. The van der Waals surface area contributed by atoms with Gasteiger partial charge in [-0.05, 0) is 41.8 Å². The highest BCUT2D eigenvalue weighted by molar-refractivity contribution is 5.27. The zero-order valence-corrected chi connectivity index (χ0v) is 12.0. The summed E-state index contributed by atoms with van der Waals surface area (Å²) in [5.74, 6) is 0.924. The minimum Gasteiger partial charge on any atom is -0.467 e. The summed E-state index contributed by atoms with van der Waals surface area (Å²) < 4.78 is 5.59. The number of nitrogens with zero attached hydrogens (tertiary/aromatic N) is 1. The lowest BCUT2D eigenvalue weighted by Crippen LogP contribution is -2.22. The van der Waals surface area contributed by atoms with Gasteiger partial charge in [-0.25, -0.2) is 0 Å². The van der Waals surface area contributed by atoms with Crippen LogP contribution in [0.2, 0.25) is 0 Å².